The first-order chi connectivity index (χ1) is 4.43. The van der Waals surface area contributed by atoms with E-state index < -0.39 is 0 Å². The molecule has 0 nitrogen and oxygen atoms in total. The summed E-state index contributed by atoms with van der Waals surface area (Å²) in [4.78, 5) is 0. The van der Waals surface area contributed by atoms with Crippen LogP contribution in [0.1, 0.15) is 39.0 Å². The van der Waals surface area contributed by atoms with E-state index in [0.717, 1.165) is 0 Å². The minimum Gasteiger partial charge on any atom is -0.0997 e. The summed E-state index contributed by atoms with van der Waals surface area (Å²) in [5.74, 6) is 0. The monoisotopic (exact) mass is 140 g/mol. The molecule has 1 aliphatic rings. The number of hydrogen-bond acceptors (Lipinski definition) is 0. The first-order valence-electron chi connectivity index (χ1n) is 4.43. The summed E-state index contributed by atoms with van der Waals surface area (Å²) in [6.07, 6.45) is 7.77. The van der Waals surface area contributed by atoms with Crippen LogP contribution in [0.15, 0.2) is 0 Å². The third-order valence-electron chi connectivity index (χ3n) is 2.42. The molecule has 0 spiro atoms. The van der Waals surface area contributed by atoms with Gasteiger partial charge >= 0.3 is 0 Å². The molecule has 1 aliphatic carbocycles. The molecule has 0 N–H and O–H groups in total. The highest BCUT2D eigenvalue weighted by Gasteiger charge is 2.12. The molecule has 0 aliphatic heterocycles. The zero-order valence-corrected chi connectivity index (χ0v) is 7.94. The van der Waals surface area contributed by atoms with Gasteiger partial charge in [-0.05, 0) is 0 Å². The quantitative estimate of drug-likeness (QED) is 0.517. The van der Waals surface area contributed by atoms with Gasteiger partial charge in [0.05, 0.1) is 0 Å². The van der Waals surface area contributed by atoms with Gasteiger partial charge in [-0.15, -0.1) is 0 Å². The van der Waals surface area contributed by atoms with Gasteiger partial charge in [-0.1, -0.05) is 49.1 Å². The van der Waals surface area contributed by atoms with Crippen LogP contribution in [0.3, 0.4) is 0 Å². The van der Waals surface area contributed by atoms with Crippen LogP contribution in [0.5, 0.6) is 0 Å². The molecule has 0 heterocycles. The Kier molecular flexibility index (Phi) is 3.70. The second-order valence-corrected chi connectivity index (χ2v) is 6.02. The van der Waals surface area contributed by atoms with Crippen LogP contribution in [-0.4, -0.2) is 15.2 Å². The van der Waals surface area contributed by atoms with Crippen LogP contribution in [0.25, 0.3) is 0 Å². The molecule has 0 unspecified atom stereocenters. The predicted octanol–water partition coefficient (Wildman–Crippen LogP) is 2.61. The molecule has 0 amide bonds. The fourth-order valence-electron chi connectivity index (χ4n) is 1.88. The molecular weight excluding hydrogens is 123 g/mol. The van der Waals surface area contributed by atoms with E-state index in [9.17, 15) is 0 Å². The van der Waals surface area contributed by atoms with Crippen molar-refractivity contribution in [3.63, 3.8) is 0 Å². The fraction of sp³-hybridized carbons (Fsp3) is 1.00. The van der Waals surface area contributed by atoms with Gasteiger partial charge in [0.15, 0.2) is 0 Å². The Balaban J connectivity index is 2.08. The van der Waals surface area contributed by atoms with E-state index in [1.807, 2.05) is 0 Å². The van der Waals surface area contributed by atoms with Crippen molar-refractivity contribution >= 4 is 15.2 Å². The average Bonchev–Trinajstić information content (AvgIpc) is 1.91. The predicted molar refractivity (Wildman–Crippen MR) is 44.5 cm³/mol. The van der Waals surface area contributed by atoms with Crippen molar-refractivity contribution in [3.05, 3.63) is 0 Å². The molecule has 1 fully saturated rings. The molecule has 0 aromatic heterocycles. The summed E-state index contributed by atoms with van der Waals surface area (Å²) in [7, 11) is 0. The standard InChI is InChI=1S/C6H11.C2H5.Al.H/c1-2-4-6-5-3-1;1-2;;/h1H,2-6H2;1H2,2H3;;. The Morgan fingerprint density at radius 2 is 1.89 bits per heavy atom. The van der Waals surface area contributed by atoms with Crippen LogP contribution in [0.4, 0.5) is 0 Å². The summed E-state index contributed by atoms with van der Waals surface area (Å²) >= 11 is 0.376. The molecule has 1 rings (SSSR count). The molecule has 0 atom stereocenters. The Labute approximate surface area is 64.7 Å². The highest BCUT2D eigenvalue weighted by molar-refractivity contribution is 6.37. The van der Waals surface area contributed by atoms with Crippen LogP contribution in [0.2, 0.25) is 10.1 Å². The van der Waals surface area contributed by atoms with Gasteiger partial charge in [0.25, 0.3) is 0 Å². The summed E-state index contributed by atoms with van der Waals surface area (Å²) in [6.45, 7) is 2.36. The smallest absolute Gasteiger partial charge is 0.0997 e. The van der Waals surface area contributed by atoms with Crippen LogP contribution in [-0.2, 0) is 0 Å². The molecule has 0 radical (unpaired) electrons. The molecule has 1 saturated carbocycles. The number of hydrogen-bond donors (Lipinski definition) is 0. The van der Waals surface area contributed by atoms with Gasteiger partial charge in [-0.2, -0.15) is 0 Å². The van der Waals surface area contributed by atoms with Crippen molar-refractivity contribution < 1.29 is 0 Å². The Bertz CT molecular complexity index is 62.2. The zero-order valence-electron chi connectivity index (χ0n) is 6.53. The SMILES string of the molecule is C[CH2][AlH][CH]1CCCCC1. The second kappa shape index (κ2) is 4.36. The van der Waals surface area contributed by atoms with Gasteiger partial charge in [-0.3, -0.25) is 0 Å². The average molecular weight is 140 g/mol. The minimum atomic E-state index is 0.376. The number of rotatable bonds is 2. The van der Waals surface area contributed by atoms with Crippen molar-refractivity contribution in [2.75, 3.05) is 0 Å². The summed E-state index contributed by atoms with van der Waals surface area (Å²) < 4.78 is 1.24. The lowest BCUT2D eigenvalue weighted by molar-refractivity contribution is 0.500. The minimum absolute atomic E-state index is 0.376. The van der Waals surface area contributed by atoms with E-state index in [-0.39, 0.29) is 0 Å². The summed E-state index contributed by atoms with van der Waals surface area (Å²) in [6, 6.07) is 0. The maximum atomic E-state index is 2.36. The Morgan fingerprint density at radius 1 is 1.22 bits per heavy atom. The van der Waals surface area contributed by atoms with Gasteiger partial charge in [0, 0.05) is 0 Å². The molecule has 0 bridgehead atoms. The third-order valence-corrected chi connectivity index (χ3v) is 4.63. The third kappa shape index (κ3) is 2.74. The van der Waals surface area contributed by atoms with Gasteiger partial charge in [0.2, 0.25) is 15.2 Å². The highest BCUT2D eigenvalue weighted by atomic mass is 27.1. The molecule has 0 saturated heterocycles. The fourth-order valence-corrected chi connectivity index (χ4v) is 3.86. The summed E-state index contributed by atoms with van der Waals surface area (Å²) in [5, 5.41) is 1.53. The summed E-state index contributed by atoms with van der Waals surface area (Å²) in [5.41, 5.74) is 0. The largest absolute Gasteiger partial charge is 0.240 e. The van der Waals surface area contributed by atoms with E-state index in [4.69, 9.17) is 0 Å². The van der Waals surface area contributed by atoms with E-state index >= 15 is 0 Å². The van der Waals surface area contributed by atoms with Crippen molar-refractivity contribution in [3.8, 4) is 0 Å². The van der Waals surface area contributed by atoms with E-state index in [2.05, 4.69) is 6.92 Å². The Morgan fingerprint density at radius 3 is 2.44 bits per heavy atom. The highest BCUT2D eigenvalue weighted by Crippen LogP contribution is 2.27. The van der Waals surface area contributed by atoms with Crippen molar-refractivity contribution in [1.29, 1.82) is 0 Å². The van der Waals surface area contributed by atoms with E-state index in [1.54, 1.807) is 12.8 Å². The maximum Gasteiger partial charge on any atom is 0.240 e. The molecule has 0 aromatic rings. The first-order valence-corrected chi connectivity index (χ1v) is 6.25. The Hall–Kier alpha value is 0.532. The molecular formula is C8H17Al. The van der Waals surface area contributed by atoms with Crippen molar-refractivity contribution in [2.24, 2.45) is 0 Å². The van der Waals surface area contributed by atoms with E-state index in [1.165, 1.54) is 29.3 Å². The lowest BCUT2D eigenvalue weighted by atomic mass is 10.0. The van der Waals surface area contributed by atoms with Gasteiger partial charge in [-0.25, -0.2) is 0 Å². The molecule has 1 heteroatoms. The maximum absolute atomic E-state index is 2.36. The van der Waals surface area contributed by atoms with E-state index in [0.29, 0.717) is 15.2 Å². The topological polar surface area (TPSA) is 0 Å². The van der Waals surface area contributed by atoms with Crippen molar-refractivity contribution in [2.45, 2.75) is 49.1 Å². The van der Waals surface area contributed by atoms with Crippen LogP contribution in [0, 0.1) is 0 Å². The zero-order chi connectivity index (χ0) is 6.53. The first kappa shape index (κ1) is 7.64. The normalized spacial score (nSPS) is 21.9. The lowest BCUT2D eigenvalue weighted by Gasteiger charge is -2.19. The lowest BCUT2D eigenvalue weighted by Crippen LogP contribution is -2.06. The molecule has 52 valence electrons. The van der Waals surface area contributed by atoms with Crippen LogP contribution < -0.4 is 0 Å². The van der Waals surface area contributed by atoms with Gasteiger partial charge < -0.3 is 0 Å². The van der Waals surface area contributed by atoms with Crippen LogP contribution >= 0.6 is 0 Å². The molecule has 0 aromatic carbocycles. The molecule has 9 heavy (non-hydrogen) atoms. The second-order valence-electron chi connectivity index (χ2n) is 3.29. The van der Waals surface area contributed by atoms with Crippen molar-refractivity contribution in [1.82, 2.24) is 0 Å². The van der Waals surface area contributed by atoms with Gasteiger partial charge in [0.1, 0.15) is 0 Å².